The molecule has 1 N–H and O–H groups in total. The van der Waals surface area contributed by atoms with Gasteiger partial charge in [0.05, 0.1) is 10.0 Å². The van der Waals surface area contributed by atoms with E-state index in [9.17, 15) is 4.79 Å². The van der Waals surface area contributed by atoms with Crippen molar-refractivity contribution in [1.29, 1.82) is 0 Å². The molecule has 1 fully saturated rings. The zero-order chi connectivity index (χ0) is 13.4. The number of nitrogens with zero attached hydrogens (tertiary/aromatic N) is 1. The highest BCUT2D eigenvalue weighted by molar-refractivity contribution is 6.42. The first-order chi connectivity index (χ1) is 9.15. The SMILES string of the molecule is O=C(N/N=C1\C[C@H]2C=CC[C@@H]12)c1ccc(Cl)c(Cl)c1. The fraction of sp³-hybridized carbons (Fsp3) is 0.286. The van der Waals surface area contributed by atoms with Crippen LogP contribution in [0.1, 0.15) is 23.2 Å². The monoisotopic (exact) mass is 294 g/mol. The minimum atomic E-state index is -0.263. The molecule has 1 aromatic carbocycles. The van der Waals surface area contributed by atoms with E-state index in [2.05, 4.69) is 22.7 Å². The molecule has 0 bridgehead atoms. The molecule has 0 spiro atoms. The Hall–Kier alpha value is -1.32. The molecule has 0 radical (unpaired) electrons. The van der Waals surface area contributed by atoms with Crippen LogP contribution in [0.15, 0.2) is 35.5 Å². The van der Waals surface area contributed by atoms with E-state index in [1.54, 1.807) is 18.2 Å². The van der Waals surface area contributed by atoms with Gasteiger partial charge < -0.3 is 0 Å². The maximum absolute atomic E-state index is 11.9. The highest BCUT2D eigenvalue weighted by Gasteiger charge is 2.37. The van der Waals surface area contributed by atoms with Crippen LogP contribution in [0, 0.1) is 11.8 Å². The summed E-state index contributed by atoms with van der Waals surface area (Å²) in [5, 5.41) is 5.00. The number of rotatable bonds is 2. The Bertz CT molecular complexity index is 595. The number of carbonyl (C=O) groups excluding carboxylic acids is 1. The van der Waals surface area contributed by atoms with Crippen molar-refractivity contribution in [2.75, 3.05) is 0 Å². The van der Waals surface area contributed by atoms with Gasteiger partial charge in [-0.15, -0.1) is 0 Å². The zero-order valence-corrected chi connectivity index (χ0v) is 11.6. The number of halogens is 2. The molecule has 2 aliphatic rings. The number of amides is 1. The lowest BCUT2D eigenvalue weighted by Gasteiger charge is -2.31. The van der Waals surface area contributed by atoms with Gasteiger partial charge in [0.2, 0.25) is 0 Å². The number of hydrogen-bond donors (Lipinski definition) is 1. The molecule has 3 nitrogen and oxygen atoms in total. The Morgan fingerprint density at radius 3 is 2.89 bits per heavy atom. The molecule has 1 saturated carbocycles. The second-order valence-corrected chi connectivity index (χ2v) is 5.63. The molecule has 2 atom stereocenters. The fourth-order valence-corrected chi connectivity index (χ4v) is 2.79. The van der Waals surface area contributed by atoms with Crippen LogP contribution in [-0.2, 0) is 0 Å². The molecule has 0 aliphatic heterocycles. The first kappa shape index (κ1) is 12.7. The Morgan fingerprint density at radius 1 is 1.32 bits per heavy atom. The highest BCUT2D eigenvalue weighted by Crippen LogP contribution is 2.40. The maximum atomic E-state index is 11.9. The number of benzene rings is 1. The van der Waals surface area contributed by atoms with E-state index in [0.717, 1.165) is 18.6 Å². The van der Waals surface area contributed by atoms with Gasteiger partial charge in [0, 0.05) is 17.2 Å². The third-order valence-electron chi connectivity index (χ3n) is 3.65. The lowest BCUT2D eigenvalue weighted by atomic mass is 9.74. The normalized spacial score (nSPS) is 26.1. The predicted octanol–water partition coefficient (Wildman–Crippen LogP) is 3.68. The molecule has 19 heavy (non-hydrogen) atoms. The second-order valence-electron chi connectivity index (χ2n) is 4.81. The molecule has 98 valence electrons. The average Bonchev–Trinajstić information content (AvgIpc) is 2.74. The maximum Gasteiger partial charge on any atom is 0.271 e. The minimum Gasteiger partial charge on any atom is -0.267 e. The fourth-order valence-electron chi connectivity index (χ4n) is 2.49. The quantitative estimate of drug-likeness (QED) is 0.656. The summed E-state index contributed by atoms with van der Waals surface area (Å²) in [6, 6.07) is 4.77. The van der Waals surface area contributed by atoms with Gasteiger partial charge in [-0.05, 0) is 37.0 Å². The van der Waals surface area contributed by atoms with E-state index in [0.29, 0.717) is 27.4 Å². The second kappa shape index (κ2) is 4.99. The molecule has 0 heterocycles. The number of hydrazone groups is 1. The van der Waals surface area contributed by atoms with Crippen LogP contribution in [0.25, 0.3) is 0 Å². The van der Waals surface area contributed by atoms with E-state index in [1.165, 1.54) is 0 Å². The third-order valence-corrected chi connectivity index (χ3v) is 4.38. The van der Waals surface area contributed by atoms with Gasteiger partial charge in [-0.3, -0.25) is 4.79 Å². The van der Waals surface area contributed by atoms with Crippen molar-refractivity contribution < 1.29 is 4.79 Å². The summed E-state index contributed by atoms with van der Waals surface area (Å²) in [5.74, 6) is 0.857. The van der Waals surface area contributed by atoms with Crippen LogP contribution in [0.5, 0.6) is 0 Å². The molecule has 0 saturated heterocycles. The van der Waals surface area contributed by atoms with Crippen LogP contribution >= 0.6 is 23.2 Å². The van der Waals surface area contributed by atoms with Crippen molar-refractivity contribution in [1.82, 2.24) is 5.43 Å². The number of allylic oxidation sites excluding steroid dienone is 2. The van der Waals surface area contributed by atoms with Crippen LogP contribution in [0.3, 0.4) is 0 Å². The standard InChI is InChI=1S/C14H12Cl2N2O/c15-11-5-4-9(6-12(11)16)14(19)18-17-13-7-8-2-1-3-10(8)13/h1-2,4-6,8,10H,3,7H2,(H,18,19)/b17-13+/t8-,10-/m1/s1. The third kappa shape index (κ3) is 2.40. The van der Waals surface area contributed by atoms with Gasteiger partial charge in [0.25, 0.3) is 5.91 Å². The number of nitrogens with one attached hydrogen (secondary N) is 1. The largest absolute Gasteiger partial charge is 0.271 e. The molecule has 1 aromatic rings. The molecular weight excluding hydrogens is 283 g/mol. The van der Waals surface area contributed by atoms with Crippen LogP contribution < -0.4 is 5.43 Å². The number of hydrogen-bond acceptors (Lipinski definition) is 2. The molecule has 3 rings (SSSR count). The Labute approximate surface area is 121 Å². The summed E-state index contributed by atoms with van der Waals surface area (Å²) in [4.78, 5) is 11.9. The van der Waals surface area contributed by atoms with Crippen molar-refractivity contribution in [3.8, 4) is 0 Å². The smallest absolute Gasteiger partial charge is 0.267 e. The number of fused-ring (bicyclic) bond motifs is 1. The lowest BCUT2D eigenvalue weighted by Crippen LogP contribution is -2.35. The predicted molar refractivity (Wildman–Crippen MR) is 76.7 cm³/mol. The molecule has 0 aromatic heterocycles. The van der Waals surface area contributed by atoms with E-state index in [1.807, 2.05) is 0 Å². The van der Waals surface area contributed by atoms with Crippen molar-refractivity contribution >= 4 is 34.8 Å². The minimum absolute atomic E-state index is 0.263. The van der Waals surface area contributed by atoms with Gasteiger partial charge in [0.15, 0.2) is 0 Å². The van der Waals surface area contributed by atoms with Crippen molar-refractivity contribution in [2.24, 2.45) is 16.9 Å². The molecule has 1 amide bonds. The van der Waals surface area contributed by atoms with E-state index >= 15 is 0 Å². The molecular formula is C14H12Cl2N2O. The van der Waals surface area contributed by atoms with Gasteiger partial charge >= 0.3 is 0 Å². The zero-order valence-electron chi connectivity index (χ0n) is 10.1. The van der Waals surface area contributed by atoms with E-state index in [4.69, 9.17) is 23.2 Å². The first-order valence-electron chi connectivity index (χ1n) is 6.13. The Morgan fingerprint density at radius 2 is 2.16 bits per heavy atom. The summed E-state index contributed by atoms with van der Waals surface area (Å²) in [7, 11) is 0. The topological polar surface area (TPSA) is 41.5 Å². The summed E-state index contributed by atoms with van der Waals surface area (Å²) in [6.07, 6.45) is 6.39. The van der Waals surface area contributed by atoms with Gasteiger partial charge in [-0.2, -0.15) is 5.10 Å². The van der Waals surface area contributed by atoms with Crippen molar-refractivity contribution in [2.45, 2.75) is 12.8 Å². The van der Waals surface area contributed by atoms with Crippen molar-refractivity contribution in [3.05, 3.63) is 46.0 Å². The van der Waals surface area contributed by atoms with Gasteiger partial charge in [-0.1, -0.05) is 35.4 Å². The summed E-state index contributed by atoms with van der Waals surface area (Å²) in [6.45, 7) is 0. The molecule has 5 heteroatoms. The van der Waals surface area contributed by atoms with Crippen LogP contribution in [0.4, 0.5) is 0 Å². The van der Waals surface area contributed by atoms with Crippen molar-refractivity contribution in [3.63, 3.8) is 0 Å². The summed E-state index contributed by atoms with van der Waals surface area (Å²) >= 11 is 11.7. The van der Waals surface area contributed by atoms with Gasteiger partial charge in [0.1, 0.15) is 0 Å². The lowest BCUT2D eigenvalue weighted by molar-refractivity contribution is 0.0954. The van der Waals surface area contributed by atoms with Crippen LogP contribution in [-0.4, -0.2) is 11.6 Å². The Kier molecular flexibility index (Phi) is 3.33. The van der Waals surface area contributed by atoms with E-state index in [-0.39, 0.29) is 5.91 Å². The van der Waals surface area contributed by atoms with Crippen LogP contribution in [0.2, 0.25) is 10.0 Å². The Balaban J connectivity index is 1.65. The van der Waals surface area contributed by atoms with Gasteiger partial charge in [-0.25, -0.2) is 5.43 Å². The highest BCUT2D eigenvalue weighted by atomic mass is 35.5. The number of carbonyl (C=O) groups is 1. The molecule has 0 unspecified atom stereocenters. The van der Waals surface area contributed by atoms with E-state index < -0.39 is 0 Å². The average molecular weight is 295 g/mol. The molecule has 2 aliphatic carbocycles. The summed E-state index contributed by atoms with van der Waals surface area (Å²) in [5.41, 5.74) is 4.11. The first-order valence-corrected chi connectivity index (χ1v) is 6.89. The summed E-state index contributed by atoms with van der Waals surface area (Å²) < 4.78 is 0.